The standard InChI is InChI=1S/C17H34O2/c1-15(2)13-18-17(19-14-16(3)4)11-9-7-5-6-8-10-12-17/h15-16H,5-14H2,1-4H3. The summed E-state index contributed by atoms with van der Waals surface area (Å²) in [5, 5.41) is 0. The van der Waals surface area contributed by atoms with Gasteiger partial charge in [0.2, 0.25) is 0 Å². The van der Waals surface area contributed by atoms with E-state index < -0.39 is 0 Å². The van der Waals surface area contributed by atoms with Crippen molar-refractivity contribution in [2.45, 2.75) is 84.8 Å². The molecule has 0 bridgehead atoms. The lowest BCUT2D eigenvalue weighted by atomic mass is 10.0. The summed E-state index contributed by atoms with van der Waals surface area (Å²) in [6.07, 6.45) is 10.1. The lowest BCUT2D eigenvalue weighted by Crippen LogP contribution is -2.38. The van der Waals surface area contributed by atoms with Gasteiger partial charge in [0, 0.05) is 12.8 Å². The molecule has 0 heterocycles. The second kappa shape index (κ2) is 8.97. The topological polar surface area (TPSA) is 18.5 Å². The summed E-state index contributed by atoms with van der Waals surface area (Å²) in [6.45, 7) is 10.5. The van der Waals surface area contributed by atoms with Gasteiger partial charge in [-0.25, -0.2) is 0 Å². The highest BCUT2D eigenvalue weighted by Gasteiger charge is 2.32. The average molecular weight is 270 g/mol. The Morgan fingerprint density at radius 3 is 1.42 bits per heavy atom. The Morgan fingerprint density at radius 2 is 1.05 bits per heavy atom. The van der Waals surface area contributed by atoms with Gasteiger partial charge in [-0.15, -0.1) is 0 Å². The monoisotopic (exact) mass is 270 g/mol. The Balaban J connectivity index is 2.61. The van der Waals surface area contributed by atoms with Gasteiger partial charge in [0.05, 0.1) is 13.2 Å². The first-order valence-electron chi connectivity index (χ1n) is 8.32. The molecule has 2 heteroatoms. The predicted octanol–water partition coefficient (Wildman–Crippen LogP) is 5.16. The van der Waals surface area contributed by atoms with Gasteiger partial charge < -0.3 is 9.47 Å². The highest BCUT2D eigenvalue weighted by atomic mass is 16.7. The Labute approximate surface area is 120 Å². The predicted molar refractivity (Wildman–Crippen MR) is 81.2 cm³/mol. The lowest BCUT2D eigenvalue weighted by molar-refractivity contribution is -0.254. The third-order valence-electron chi connectivity index (χ3n) is 3.72. The summed E-state index contributed by atoms with van der Waals surface area (Å²) in [5.41, 5.74) is 0. The van der Waals surface area contributed by atoms with Crippen LogP contribution >= 0.6 is 0 Å². The fourth-order valence-electron chi connectivity index (χ4n) is 2.59. The van der Waals surface area contributed by atoms with Crippen LogP contribution in [0.2, 0.25) is 0 Å². The molecule has 0 amide bonds. The molecule has 114 valence electrons. The second-order valence-electron chi connectivity index (χ2n) is 6.94. The smallest absolute Gasteiger partial charge is 0.168 e. The molecule has 1 rings (SSSR count). The normalized spacial score (nSPS) is 21.2. The number of hydrogen-bond donors (Lipinski definition) is 0. The highest BCUT2D eigenvalue weighted by molar-refractivity contribution is 4.73. The zero-order valence-electron chi connectivity index (χ0n) is 13.5. The van der Waals surface area contributed by atoms with Crippen LogP contribution in [0.25, 0.3) is 0 Å². The first-order valence-corrected chi connectivity index (χ1v) is 8.32. The molecule has 1 aliphatic rings. The zero-order chi connectivity index (χ0) is 14.1. The molecule has 1 fully saturated rings. The maximum atomic E-state index is 6.25. The summed E-state index contributed by atoms with van der Waals surface area (Å²) in [7, 11) is 0. The number of hydrogen-bond acceptors (Lipinski definition) is 2. The number of rotatable bonds is 6. The molecule has 2 nitrogen and oxygen atoms in total. The number of ether oxygens (including phenoxy) is 2. The second-order valence-corrected chi connectivity index (χ2v) is 6.94. The van der Waals surface area contributed by atoms with Crippen molar-refractivity contribution in [3.8, 4) is 0 Å². The Bertz CT molecular complexity index is 199. The minimum absolute atomic E-state index is 0.293. The third kappa shape index (κ3) is 7.31. The summed E-state index contributed by atoms with van der Waals surface area (Å²) in [6, 6.07) is 0. The van der Waals surface area contributed by atoms with Gasteiger partial charge in [-0.2, -0.15) is 0 Å². The molecule has 0 unspecified atom stereocenters. The lowest BCUT2D eigenvalue weighted by Gasteiger charge is -2.35. The molecule has 19 heavy (non-hydrogen) atoms. The van der Waals surface area contributed by atoms with E-state index in [1.165, 1.54) is 38.5 Å². The third-order valence-corrected chi connectivity index (χ3v) is 3.72. The van der Waals surface area contributed by atoms with E-state index in [0.29, 0.717) is 11.8 Å². The van der Waals surface area contributed by atoms with Crippen molar-refractivity contribution >= 4 is 0 Å². The quantitative estimate of drug-likeness (QED) is 0.620. The Hall–Kier alpha value is -0.0800. The largest absolute Gasteiger partial charge is 0.350 e. The molecule has 0 atom stereocenters. The maximum absolute atomic E-state index is 6.25. The summed E-state index contributed by atoms with van der Waals surface area (Å²) in [4.78, 5) is 0. The van der Waals surface area contributed by atoms with Crippen LogP contribution in [0.15, 0.2) is 0 Å². The van der Waals surface area contributed by atoms with Crippen molar-refractivity contribution in [2.24, 2.45) is 11.8 Å². The molecule has 0 spiro atoms. The summed E-state index contributed by atoms with van der Waals surface area (Å²) in [5.74, 6) is 0.859. The first-order chi connectivity index (χ1) is 9.04. The maximum Gasteiger partial charge on any atom is 0.168 e. The van der Waals surface area contributed by atoms with Crippen LogP contribution in [-0.4, -0.2) is 19.0 Å². The van der Waals surface area contributed by atoms with Crippen LogP contribution in [0.1, 0.15) is 79.1 Å². The van der Waals surface area contributed by atoms with E-state index in [4.69, 9.17) is 9.47 Å². The molecule has 0 aromatic carbocycles. The van der Waals surface area contributed by atoms with E-state index in [1.54, 1.807) is 0 Å². The van der Waals surface area contributed by atoms with Gasteiger partial charge in [0.1, 0.15) is 0 Å². The minimum Gasteiger partial charge on any atom is -0.350 e. The molecule has 0 radical (unpaired) electrons. The summed E-state index contributed by atoms with van der Waals surface area (Å²) >= 11 is 0. The van der Waals surface area contributed by atoms with E-state index >= 15 is 0 Å². The molecule has 0 N–H and O–H groups in total. The van der Waals surface area contributed by atoms with Crippen LogP contribution < -0.4 is 0 Å². The van der Waals surface area contributed by atoms with E-state index in [2.05, 4.69) is 27.7 Å². The van der Waals surface area contributed by atoms with Crippen molar-refractivity contribution in [1.29, 1.82) is 0 Å². The Kier molecular flexibility index (Phi) is 8.01. The van der Waals surface area contributed by atoms with Gasteiger partial charge in [-0.3, -0.25) is 0 Å². The molecule has 0 aromatic heterocycles. The molecular weight excluding hydrogens is 236 g/mol. The van der Waals surface area contributed by atoms with Crippen LogP contribution in [0.3, 0.4) is 0 Å². The van der Waals surface area contributed by atoms with Gasteiger partial charge in [-0.1, -0.05) is 53.4 Å². The van der Waals surface area contributed by atoms with Gasteiger partial charge in [0.25, 0.3) is 0 Å². The van der Waals surface area contributed by atoms with E-state index in [1.807, 2.05) is 0 Å². The van der Waals surface area contributed by atoms with Crippen molar-refractivity contribution < 1.29 is 9.47 Å². The minimum atomic E-state index is -0.293. The van der Waals surface area contributed by atoms with Crippen molar-refractivity contribution in [3.63, 3.8) is 0 Å². The SMILES string of the molecule is CC(C)COC1(OCC(C)C)CCCCCCCC1. The van der Waals surface area contributed by atoms with Gasteiger partial charge in [-0.05, 0) is 24.7 Å². The van der Waals surface area contributed by atoms with Gasteiger partial charge in [0.15, 0.2) is 5.79 Å². The molecular formula is C17H34O2. The van der Waals surface area contributed by atoms with Crippen LogP contribution in [0, 0.1) is 11.8 Å². The fraction of sp³-hybridized carbons (Fsp3) is 1.00. The zero-order valence-corrected chi connectivity index (χ0v) is 13.5. The van der Waals surface area contributed by atoms with Crippen LogP contribution in [0.5, 0.6) is 0 Å². The van der Waals surface area contributed by atoms with Crippen molar-refractivity contribution in [3.05, 3.63) is 0 Å². The highest BCUT2D eigenvalue weighted by Crippen LogP contribution is 2.31. The van der Waals surface area contributed by atoms with E-state index in [-0.39, 0.29) is 5.79 Å². The molecule has 1 saturated carbocycles. The molecule has 0 aromatic rings. The average Bonchev–Trinajstić information content (AvgIpc) is 2.47. The van der Waals surface area contributed by atoms with Crippen LogP contribution in [-0.2, 0) is 9.47 Å². The molecule has 1 aliphatic carbocycles. The van der Waals surface area contributed by atoms with E-state index in [0.717, 1.165) is 26.1 Å². The molecule has 0 saturated heterocycles. The molecule has 0 aliphatic heterocycles. The van der Waals surface area contributed by atoms with Crippen molar-refractivity contribution in [2.75, 3.05) is 13.2 Å². The summed E-state index contributed by atoms with van der Waals surface area (Å²) < 4.78 is 12.5. The van der Waals surface area contributed by atoms with Crippen LogP contribution in [0.4, 0.5) is 0 Å². The van der Waals surface area contributed by atoms with Crippen molar-refractivity contribution in [1.82, 2.24) is 0 Å². The fourth-order valence-corrected chi connectivity index (χ4v) is 2.59. The first kappa shape index (κ1) is 17.0. The van der Waals surface area contributed by atoms with E-state index in [9.17, 15) is 0 Å². The Morgan fingerprint density at radius 1 is 0.684 bits per heavy atom. The van der Waals surface area contributed by atoms with Gasteiger partial charge >= 0.3 is 0 Å².